The highest BCUT2D eigenvalue weighted by Gasteiger charge is 2.25. The maximum Gasteiger partial charge on any atom is 0.408 e. The standard InChI is InChI=1S/C30H29FN4O5/c1-2-22-16-33-35-27(22)23-13-24(15-25(31)14-23)28(36)32-17-26(29(37)39-18-20-9-5-3-6-10-20)34-30(38)40-19-21-11-7-4-8-12-21/h3-16,26H,2,17-19H2,1H3,(H,32,36)(H,33,35)(H,34,38)/t26-/m1/s1. The SMILES string of the molecule is CCc1cn[nH]c1-c1cc(F)cc(C(=O)NC[C@@H](NC(=O)OCc2ccccc2)C(=O)OCc2ccccc2)c1. The quantitative estimate of drug-likeness (QED) is 0.238. The Morgan fingerprint density at radius 1 is 0.925 bits per heavy atom. The molecule has 0 fully saturated rings. The second-order valence-electron chi connectivity index (χ2n) is 8.91. The summed E-state index contributed by atoms with van der Waals surface area (Å²) in [5, 5.41) is 11.9. The molecule has 3 N–H and O–H groups in total. The Labute approximate surface area is 230 Å². The van der Waals surface area contributed by atoms with Crippen LogP contribution in [0.2, 0.25) is 0 Å². The topological polar surface area (TPSA) is 122 Å². The van der Waals surface area contributed by atoms with Crippen molar-refractivity contribution in [1.29, 1.82) is 0 Å². The van der Waals surface area contributed by atoms with E-state index in [-0.39, 0.29) is 25.3 Å². The molecule has 10 heteroatoms. The van der Waals surface area contributed by atoms with Gasteiger partial charge in [-0.1, -0.05) is 67.6 Å². The van der Waals surface area contributed by atoms with Gasteiger partial charge in [-0.2, -0.15) is 5.10 Å². The Bertz CT molecular complexity index is 1440. The van der Waals surface area contributed by atoms with Gasteiger partial charge in [0.2, 0.25) is 0 Å². The van der Waals surface area contributed by atoms with Crippen molar-refractivity contribution in [1.82, 2.24) is 20.8 Å². The van der Waals surface area contributed by atoms with Crippen molar-refractivity contribution >= 4 is 18.0 Å². The summed E-state index contributed by atoms with van der Waals surface area (Å²) >= 11 is 0. The van der Waals surface area contributed by atoms with Crippen LogP contribution >= 0.6 is 0 Å². The number of hydrogen-bond donors (Lipinski definition) is 3. The molecule has 4 rings (SSSR count). The smallest absolute Gasteiger partial charge is 0.408 e. The van der Waals surface area contributed by atoms with Crippen LogP contribution in [0.4, 0.5) is 9.18 Å². The molecule has 0 aliphatic heterocycles. The van der Waals surface area contributed by atoms with Crippen molar-refractivity contribution in [3.05, 3.63) is 113 Å². The van der Waals surface area contributed by atoms with Gasteiger partial charge >= 0.3 is 12.1 Å². The highest BCUT2D eigenvalue weighted by atomic mass is 19.1. The summed E-state index contributed by atoms with van der Waals surface area (Å²) in [6.45, 7) is 1.59. The minimum Gasteiger partial charge on any atom is -0.459 e. The van der Waals surface area contributed by atoms with Crippen LogP contribution in [-0.4, -0.2) is 40.8 Å². The highest BCUT2D eigenvalue weighted by Crippen LogP contribution is 2.24. The molecule has 40 heavy (non-hydrogen) atoms. The van der Waals surface area contributed by atoms with Crippen molar-refractivity contribution < 1.29 is 28.2 Å². The van der Waals surface area contributed by atoms with Gasteiger partial charge in [-0.05, 0) is 41.3 Å². The number of nitrogens with one attached hydrogen (secondary N) is 3. The van der Waals surface area contributed by atoms with Crippen molar-refractivity contribution in [3.63, 3.8) is 0 Å². The molecule has 4 aromatic rings. The summed E-state index contributed by atoms with van der Waals surface area (Å²) in [5.41, 5.74) is 3.50. The predicted molar refractivity (Wildman–Crippen MR) is 145 cm³/mol. The van der Waals surface area contributed by atoms with Crippen LogP contribution in [0.3, 0.4) is 0 Å². The normalized spacial score (nSPS) is 11.3. The molecule has 0 unspecified atom stereocenters. The number of nitrogens with zero attached hydrogens (tertiary/aromatic N) is 1. The third-order valence-corrected chi connectivity index (χ3v) is 6.03. The van der Waals surface area contributed by atoms with E-state index < -0.39 is 29.8 Å². The lowest BCUT2D eigenvalue weighted by Crippen LogP contribution is -2.49. The van der Waals surface area contributed by atoms with Gasteiger partial charge in [0, 0.05) is 17.7 Å². The van der Waals surface area contributed by atoms with Crippen molar-refractivity contribution in [2.75, 3.05) is 6.54 Å². The van der Waals surface area contributed by atoms with Crippen LogP contribution in [-0.2, 0) is 33.9 Å². The van der Waals surface area contributed by atoms with E-state index in [0.717, 1.165) is 22.8 Å². The lowest BCUT2D eigenvalue weighted by atomic mass is 10.0. The van der Waals surface area contributed by atoms with Gasteiger partial charge in [-0.3, -0.25) is 9.89 Å². The second kappa shape index (κ2) is 13.7. The Kier molecular flexibility index (Phi) is 9.60. The minimum absolute atomic E-state index is 0.00969. The molecule has 1 atom stereocenters. The van der Waals surface area contributed by atoms with Gasteiger partial charge in [0.15, 0.2) is 0 Å². The lowest BCUT2D eigenvalue weighted by Gasteiger charge is -2.18. The van der Waals surface area contributed by atoms with Crippen molar-refractivity contribution in [2.45, 2.75) is 32.6 Å². The number of aromatic nitrogens is 2. The van der Waals surface area contributed by atoms with Crippen LogP contribution in [0.25, 0.3) is 11.3 Å². The third-order valence-electron chi connectivity index (χ3n) is 6.03. The zero-order valence-corrected chi connectivity index (χ0v) is 21.9. The highest BCUT2D eigenvalue weighted by molar-refractivity contribution is 5.96. The summed E-state index contributed by atoms with van der Waals surface area (Å²) in [5.74, 6) is -2.02. The van der Waals surface area contributed by atoms with Crippen LogP contribution in [0.15, 0.2) is 85.1 Å². The molecule has 0 radical (unpaired) electrons. The van der Waals surface area contributed by atoms with E-state index >= 15 is 0 Å². The maximum absolute atomic E-state index is 14.4. The molecule has 0 bridgehead atoms. The number of alkyl carbamates (subject to hydrolysis) is 1. The fourth-order valence-corrected chi connectivity index (χ4v) is 3.92. The number of H-pyrrole nitrogens is 1. The number of halogens is 1. The van der Waals surface area contributed by atoms with E-state index in [9.17, 15) is 18.8 Å². The molecule has 0 spiro atoms. The largest absolute Gasteiger partial charge is 0.459 e. The molecule has 1 aromatic heterocycles. The number of esters is 1. The number of carbonyl (C=O) groups is 3. The molecule has 0 aliphatic rings. The predicted octanol–water partition coefficient (Wildman–Crippen LogP) is 4.55. The third kappa shape index (κ3) is 7.76. The van der Waals surface area contributed by atoms with E-state index in [1.54, 1.807) is 42.6 Å². The number of aromatic amines is 1. The summed E-state index contributed by atoms with van der Waals surface area (Å²) < 4.78 is 25.0. The molecular weight excluding hydrogens is 515 g/mol. The lowest BCUT2D eigenvalue weighted by molar-refractivity contribution is -0.147. The molecule has 0 saturated heterocycles. The first kappa shape index (κ1) is 28.0. The second-order valence-corrected chi connectivity index (χ2v) is 8.91. The number of hydrogen-bond acceptors (Lipinski definition) is 6. The molecule has 0 saturated carbocycles. The van der Waals surface area contributed by atoms with Gasteiger partial charge in [0.05, 0.1) is 11.9 Å². The zero-order chi connectivity index (χ0) is 28.3. The molecule has 3 aromatic carbocycles. The Hall–Kier alpha value is -4.99. The number of amides is 2. The summed E-state index contributed by atoms with van der Waals surface area (Å²) in [7, 11) is 0. The monoisotopic (exact) mass is 544 g/mol. The van der Waals surface area contributed by atoms with E-state index in [1.165, 1.54) is 12.1 Å². The molecule has 1 heterocycles. The van der Waals surface area contributed by atoms with Crippen LogP contribution < -0.4 is 10.6 Å². The fraction of sp³-hybridized carbons (Fsp3) is 0.200. The first-order valence-electron chi connectivity index (χ1n) is 12.7. The van der Waals surface area contributed by atoms with E-state index in [4.69, 9.17) is 9.47 Å². The first-order valence-corrected chi connectivity index (χ1v) is 12.7. The summed E-state index contributed by atoms with van der Waals surface area (Å²) in [6, 6.07) is 20.7. The van der Waals surface area contributed by atoms with E-state index in [2.05, 4.69) is 20.8 Å². The Morgan fingerprint density at radius 2 is 1.57 bits per heavy atom. The van der Waals surface area contributed by atoms with Gasteiger partial charge in [-0.15, -0.1) is 0 Å². The number of carbonyl (C=O) groups excluding carboxylic acids is 3. The maximum atomic E-state index is 14.4. The van der Waals surface area contributed by atoms with Gasteiger partial charge in [-0.25, -0.2) is 14.0 Å². The first-order chi connectivity index (χ1) is 19.4. The van der Waals surface area contributed by atoms with E-state index in [1.807, 2.05) is 31.2 Å². The summed E-state index contributed by atoms with van der Waals surface area (Å²) in [6.07, 6.45) is 1.45. The minimum atomic E-state index is -1.26. The number of rotatable bonds is 11. The molecule has 2 amide bonds. The van der Waals surface area contributed by atoms with Gasteiger partial charge in [0.1, 0.15) is 25.1 Å². The molecule has 0 aliphatic carbocycles. The van der Waals surface area contributed by atoms with E-state index in [0.29, 0.717) is 17.7 Å². The van der Waals surface area contributed by atoms with Gasteiger partial charge in [0.25, 0.3) is 5.91 Å². The van der Waals surface area contributed by atoms with Crippen molar-refractivity contribution in [3.8, 4) is 11.3 Å². The van der Waals surface area contributed by atoms with Crippen molar-refractivity contribution in [2.24, 2.45) is 0 Å². The average molecular weight is 545 g/mol. The van der Waals surface area contributed by atoms with Crippen LogP contribution in [0.5, 0.6) is 0 Å². The Morgan fingerprint density at radius 3 is 2.23 bits per heavy atom. The molecule has 206 valence electrons. The Balaban J connectivity index is 1.43. The summed E-state index contributed by atoms with van der Waals surface area (Å²) in [4.78, 5) is 38.4. The average Bonchev–Trinajstić information content (AvgIpc) is 3.47. The zero-order valence-electron chi connectivity index (χ0n) is 21.9. The fourth-order valence-electron chi connectivity index (χ4n) is 3.92. The number of benzene rings is 3. The number of aryl methyl sites for hydroxylation is 1. The molecular formula is C30H29FN4O5. The number of ether oxygens (including phenoxy) is 2. The van der Waals surface area contributed by atoms with Crippen LogP contribution in [0.1, 0.15) is 34.0 Å². The van der Waals surface area contributed by atoms with Crippen LogP contribution in [0, 0.1) is 5.82 Å². The molecule has 9 nitrogen and oxygen atoms in total. The van der Waals surface area contributed by atoms with Gasteiger partial charge < -0.3 is 20.1 Å².